The van der Waals surface area contributed by atoms with Crippen LogP contribution in [0.2, 0.25) is 0 Å². The Balaban J connectivity index is 2.20. The Morgan fingerprint density at radius 3 is 2.93 bits per heavy atom. The molecule has 14 heavy (non-hydrogen) atoms. The van der Waals surface area contributed by atoms with Crippen LogP contribution in [-0.4, -0.2) is 33.6 Å². The van der Waals surface area contributed by atoms with Crippen LogP contribution in [0.1, 0.15) is 0 Å². The number of amides is 1. The van der Waals surface area contributed by atoms with Gasteiger partial charge in [-0.15, -0.1) is 11.8 Å². The Labute approximate surface area is 83.6 Å². The lowest BCUT2D eigenvalue weighted by atomic mass is 10.5. The summed E-state index contributed by atoms with van der Waals surface area (Å²) in [4.78, 5) is 21.2. The van der Waals surface area contributed by atoms with E-state index in [0.29, 0.717) is 5.69 Å². The number of hydrogen-bond acceptors (Lipinski definition) is 5. The summed E-state index contributed by atoms with van der Waals surface area (Å²) < 4.78 is 4.49. The molecule has 0 aliphatic heterocycles. The zero-order chi connectivity index (χ0) is 10.4. The molecule has 1 aromatic heterocycles. The van der Waals surface area contributed by atoms with E-state index in [1.165, 1.54) is 12.5 Å². The second-order valence-corrected chi connectivity index (χ2v) is 3.33. The molecule has 0 fully saturated rings. The Morgan fingerprint density at radius 2 is 2.36 bits per heavy atom. The molecule has 0 bridgehead atoms. The zero-order valence-corrected chi connectivity index (χ0v) is 7.91. The first-order chi connectivity index (χ1) is 6.68. The fourth-order valence-corrected chi connectivity index (χ4v) is 1.23. The summed E-state index contributed by atoms with van der Waals surface area (Å²) in [5, 5.41) is 14.2. The van der Waals surface area contributed by atoms with E-state index in [4.69, 9.17) is 5.11 Å². The number of hydrogen-bond donors (Lipinski definition) is 2. The highest BCUT2D eigenvalue weighted by Gasteiger charge is 2.05. The molecular formula is C7H8N2O4S. The first kappa shape index (κ1) is 10.6. The molecule has 0 saturated heterocycles. The number of nitrogens with one attached hydrogen (secondary N) is 1. The zero-order valence-electron chi connectivity index (χ0n) is 7.10. The summed E-state index contributed by atoms with van der Waals surface area (Å²) in [5.41, 5.74) is 0.464. The molecule has 0 saturated carbocycles. The van der Waals surface area contributed by atoms with Crippen LogP contribution >= 0.6 is 11.8 Å². The van der Waals surface area contributed by atoms with Gasteiger partial charge in [-0.05, 0) is 0 Å². The minimum atomic E-state index is -0.937. The molecule has 1 amide bonds. The normalized spacial score (nSPS) is 9.71. The number of thioether (sulfide) groups is 1. The molecule has 0 spiro atoms. The third-order valence-corrected chi connectivity index (χ3v) is 2.09. The van der Waals surface area contributed by atoms with Gasteiger partial charge in [0, 0.05) is 0 Å². The summed E-state index contributed by atoms with van der Waals surface area (Å²) in [6.45, 7) is 0. The number of rotatable bonds is 5. The molecule has 0 radical (unpaired) electrons. The number of anilines is 1. The molecule has 1 rings (SSSR count). The van der Waals surface area contributed by atoms with Gasteiger partial charge in [-0.25, -0.2) is 0 Å². The summed E-state index contributed by atoms with van der Waals surface area (Å²) in [6, 6.07) is 0. The molecule has 6 nitrogen and oxygen atoms in total. The second kappa shape index (κ2) is 5.28. The summed E-state index contributed by atoms with van der Waals surface area (Å²) in [5.74, 6) is -1.21. The minimum Gasteiger partial charge on any atom is -0.481 e. The number of carboxylic acid groups (broad SMARTS) is 1. The fraction of sp³-hybridized carbons (Fsp3) is 0.286. The lowest BCUT2D eigenvalue weighted by Crippen LogP contribution is -2.14. The number of aliphatic carboxylic acids is 1. The van der Waals surface area contributed by atoms with Crippen molar-refractivity contribution in [2.24, 2.45) is 0 Å². The number of aromatic nitrogens is 1. The van der Waals surface area contributed by atoms with Crippen molar-refractivity contribution in [3.05, 3.63) is 12.5 Å². The molecule has 0 aliphatic carbocycles. The molecular weight excluding hydrogens is 208 g/mol. The van der Waals surface area contributed by atoms with Crippen molar-refractivity contribution >= 4 is 29.3 Å². The summed E-state index contributed by atoms with van der Waals surface area (Å²) in [6.07, 6.45) is 2.65. The van der Waals surface area contributed by atoms with Crippen molar-refractivity contribution in [3.8, 4) is 0 Å². The van der Waals surface area contributed by atoms with Gasteiger partial charge in [0.15, 0.2) is 0 Å². The van der Waals surface area contributed by atoms with Crippen molar-refractivity contribution in [2.75, 3.05) is 16.8 Å². The molecule has 0 atom stereocenters. The monoisotopic (exact) mass is 216 g/mol. The van der Waals surface area contributed by atoms with Gasteiger partial charge < -0.3 is 14.9 Å². The van der Waals surface area contributed by atoms with Gasteiger partial charge in [0.25, 0.3) is 0 Å². The molecule has 7 heteroatoms. The van der Waals surface area contributed by atoms with Crippen LogP contribution in [0.4, 0.5) is 5.69 Å². The van der Waals surface area contributed by atoms with E-state index in [0.717, 1.165) is 11.8 Å². The maximum absolute atomic E-state index is 11.1. The largest absolute Gasteiger partial charge is 0.481 e. The first-order valence-corrected chi connectivity index (χ1v) is 4.82. The van der Waals surface area contributed by atoms with Crippen molar-refractivity contribution in [3.63, 3.8) is 0 Å². The van der Waals surface area contributed by atoms with Crippen molar-refractivity contribution < 1.29 is 19.2 Å². The summed E-state index contributed by atoms with van der Waals surface area (Å²) >= 11 is 1.03. The summed E-state index contributed by atoms with van der Waals surface area (Å²) in [7, 11) is 0. The van der Waals surface area contributed by atoms with Gasteiger partial charge in [-0.3, -0.25) is 9.59 Å². The Morgan fingerprint density at radius 1 is 1.57 bits per heavy atom. The minimum absolute atomic E-state index is 0.0863. The maximum Gasteiger partial charge on any atom is 0.313 e. The third kappa shape index (κ3) is 3.94. The van der Waals surface area contributed by atoms with Crippen LogP contribution < -0.4 is 5.32 Å². The number of carbonyl (C=O) groups is 2. The quantitative estimate of drug-likeness (QED) is 0.741. The third-order valence-electron chi connectivity index (χ3n) is 1.17. The Hall–Kier alpha value is -1.50. The van der Waals surface area contributed by atoms with Crippen molar-refractivity contribution in [1.82, 2.24) is 5.16 Å². The van der Waals surface area contributed by atoms with E-state index in [-0.39, 0.29) is 17.4 Å². The number of carbonyl (C=O) groups excluding carboxylic acids is 1. The number of nitrogens with zero attached hydrogens (tertiary/aromatic N) is 1. The average Bonchev–Trinajstić information content (AvgIpc) is 2.56. The fourth-order valence-electron chi connectivity index (χ4n) is 0.695. The predicted octanol–water partition coefficient (Wildman–Crippen LogP) is 0.431. The number of carboxylic acids is 1. The average molecular weight is 216 g/mol. The standard InChI is InChI=1S/C7H8N2O4S/c10-6(3-14-4-7(11)12)9-5-1-8-13-2-5/h1-2H,3-4H2,(H,9,10)(H,11,12). The van der Waals surface area contributed by atoms with Crippen LogP contribution in [0.15, 0.2) is 17.0 Å². The highest BCUT2D eigenvalue weighted by Crippen LogP contribution is 2.05. The van der Waals surface area contributed by atoms with Crippen LogP contribution in [-0.2, 0) is 9.59 Å². The van der Waals surface area contributed by atoms with Gasteiger partial charge in [0.05, 0.1) is 17.7 Å². The van der Waals surface area contributed by atoms with Gasteiger partial charge in [0.2, 0.25) is 5.91 Å². The van der Waals surface area contributed by atoms with E-state index < -0.39 is 5.97 Å². The SMILES string of the molecule is O=C(O)CSCC(=O)Nc1cnoc1. The lowest BCUT2D eigenvalue weighted by Gasteiger charge is -1.99. The second-order valence-electron chi connectivity index (χ2n) is 2.35. The van der Waals surface area contributed by atoms with E-state index in [9.17, 15) is 9.59 Å². The van der Waals surface area contributed by atoms with E-state index in [1.54, 1.807) is 0 Å². The highest BCUT2D eigenvalue weighted by atomic mass is 32.2. The molecule has 0 aromatic carbocycles. The van der Waals surface area contributed by atoms with Crippen LogP contribution in [0, 0.1) is 0 Å². The Kier molecular flexibility index (Phi) is 3.99. The first-order valence-electron chi connectivity index (χ1n) is 3.67. The van der Waals surface area contributed by atoms with Crippen LogP contribution in [0.5, 0.6) is 0 Å². The smallest absolute Gasteiger partial charge is 0.313 e. The van der Waals surface area contributed by atoms with Gasteiger partial charge in [-0.2, -0.15) is 0 Å². The maximum atomic E-state index is 11.1. The molecule has 2 N–H and O–H groups in total. The molecule has 1 heterocycles. The van der Waals surface area contributed by atoms with Gasteiger partial charge >= 0.3 is 5.97 Å². The van der Waals surface area contributed by atoms with Crippen LogP contribution in [0.25, 0.3) is 0 Å². The van der Waals surface area contributed by atoms with E-state index in [2.05, 4.69) is 15.0 Å². The molecule has 76 valence electrons. The Bertz CT molecular complexity index is 311. The molecule has 0 aliphatic rings. The lowest BCUT2D eigenvalue weighted by molar-refractivity contribution is -0.133. The van der Waals surface area contributed by atoms with E-state index in [1.807, 2.05) is 0 Å². The van der Waals surface area contributed by atoms with E-state index >= 15 is 0 Å². The van der Waals surface area contributed by atoms with Gasteiger partial charge in [-0.1, -0.05) is 5.16 Å². The van der Waals surface area contributed by atoms with Crippen molar-refractivity contribution in [2.45, 2.75) is 0 Å². The molecule has 1 aromatic rings. The van der Waals surface area contributed by atoms with Crippen molar-refractivity contribution in [1.29, 1.82) is 0 Å². The molecule has 0 unspecified atom stereocenters. The predicted molar refractivity (Wildman–Crippen MR) is 50.1 cm³/mol. The van der Waals surface area contributed by atoms with Crippen LogP contribution in [0.3, 0.4) is 0 Å². The topological polar surface area (TPSA) is 92.4 Å². The highest BCUT2D eigenvalue weighted by molar-refractivity contribution is 8.00. The van der Waals surface area contributed by atoms with Gasteiger partial charge in [0.1, 0.15) is 12.0 Å².